The Bertz CT molecular complexity index is 402. The first-order valence-electron chi connectivity index (χ1n) is 4.71. The van der Waals surface area contributed by atoms with Crippen LogP contribution in [0.1, 0.15) is 18.4 Å². The van der Waals surface area contributed by atoms with Crippen LogP contribution in [-0.2, 0) is 9.53 Å². The molecule has 78 valence electrons. The van der Waals surface area contributed by atoms with Crippen LogP contribution in [-0.4, -0.2) is 18.6 Å². The van der Waals surface area contributed by atoms with Gasteiger partial charge in [0.05, 0.1) is 5.56 Å². The van der Waals surface area contributed by atoms with E-state index in [-0.39, 0.29) is 12.0 Å². The summed E-state index contributed by atoms with van der Waals surface area (Å²) in [7, 11) is 0. The van der Waals surface area contributed by atoms with Crippen molar-refractivity contribution in [3.05, 3.63) is 17.0 Å². The van der Waals surface area contributed by atoms with Gasteiger partial charge in [-0.15, -0.1) is 11.3 Å². The van der Waals surface area contributed by atoms with E-state index >= 15 is 0 Å². The van der Waals surface area contributed by atoms with E-state index in [1.54, 1.807) is 11.4 Å². The molecule has 1 aromatic heterocycles. The lowest BCUT2D eigenvalue weighted by Gasteiger charge is -2.08. The highest BCUT2D eigenvalue weighted by Crippen LogP contribution is 2.23. The Balaban J connectivity index is 2.02. The molecule has 1 N–H and O–H groups in total. The molecule has 1 aliphatic rings. The van der Waals surface area contributed by atoms with E-state index in [1.807, 2.05) is 6.07 Å². The summed E-state index contributed by atoms with van der Waals surface area (Å²) in [5.41, 5.74) is 0.506. The van der Waals surface area contributed by atoms with Crippen molar-refractivity contribution in [3.63, 3.8) is 0 Å². The maximum Gasteiger partial charge on any atom is 0.254 e. The van der Waals surface area contributed by atoms with Gasteiger partial charge in [-0.05, 0) is 24.3 Å². The molecule has 1 atom stereocenters. The molecule has 4 nitrogen and oxygen atoms in total. The highest BCUT2D eigenvalue weighted by Gasteiger charge is 2.24. The van der Waals surface area contributed by atoms with Crippen molar-refractivity contribution in [2.75, 3.05) is 11.9 Å². The molecule has 0 aliphatic carbocycles. The SMILES string of the molecule is N#Cc1ccsc1NC(=O)[C@@H]1CCCO1. The topological polar surface area (TPSA) is 62.1 Å². The van der Waals surface area contributed by atoms with Crippen molar-refractivity contribution in [3.8, 4) is 6.07 Å². The number of rotatable bonds is 2. The molecule has 0 radical (unpaired) electrons. The number of ether oxygens (including phenoxy) is 1. The number of amides is 1. The van der Waals surface area contributed by atoms with Gasteiger partial charge in [0.1, 0.15) is 17.2 Å². The van der Waals surface area contributed by atoms with Crippen molar-refractivity contribution in [1.29, 1.82) is 5.26 Å². The molecule has 0 bridgehead atoms. The number of hydrogen-bond donors (Lipinski definition) is 1. The molecule has 2 rings (SSSR count). The summed E-state index contributed by atoms with van der Waals surface area (Å²) in [6.07, 6.45) is 1.34. The van der Waals surface area contributed by atoms with Gasteiger partial charge in [-0.3, -0.25) is 4.79 Å². The zero-order chi connectivity index (χ0) is 10.7. The summed E-state index contributed by atoms with van der Waals surface area (Å²) >= 11 is 1.35. The smallest absolute Gasteiger partial charge is 0.254 e. The van der Waals surface area contributed by atoms with Gasteiger partial charge in [-0.2, -0.15) is 5.26 Å². The predicted molar refractivity (Wildman–Crippen MR) is 56.6 cm³/mol. The van der Waals surface area contributed by atoms with Gasteiger partial charge in [0.25, 0.3) is 5.91 Å². The van der Waals surface area contributed by atoms with Crippen LogP contribution in [0.4, 0.5) is 5.00 Å². The summed E-state index contributed by atoms with van der Waals surface area (Å²) in [5.74, 6) is -0.147. The van der Waals surface area contributed by atoms with E-state index in [1.165, 1.54) is 11.3 Å². The van der Waals surface area contributed by atoms with Crippen LogP contribution in [0, 0.1) is 11.3 Å². The Kier molecular flexibility index (Phi) is 2.99. The first-order chi connectivity index (χ1) is 7.31. The van der Waals surface area contributed by atoms with Crippen molar-refractivity contribution < 1.29 is 9.53 Å². The van der Waals surface area contributed by atoms with Crippen LogP contribution in [0.2, 0.25) is 0 Å². The van der Waals surface area contributed by atoms with Gasteiger partial charge in [0.2, 0.25) is 0 Å². The molecule has 5 heteroatoms. The van der Waals surface area contributed by atoms with Gasteiger partial charge >= 0.3 is 0 Å². The highest BCUT2D eigenvalue weighted by atomic mass is 32.1. The Morgan fingerprint density at radius 2 is 2.60 bits per heavy atom. The van der Waals surface area contributed by atoms with Crippen LogP contribution in [0.3, 0.4) is 0 Å². The fraction of sp³-hybridized carbons (Fsp3) is 0.400. The van der Waals surface area contributed by atoms with Gasteiger partial charge in [0.15, 0.2) is 0 Å². The molecule has 1 aromatic rings. The van der Waals surface area contributed by atoms with Crippen LogP contribution in [0.25, 0.3) is 0 Å². The number of nitriles is 1. The molecule has 1 saturated heterocycles. The molecule has 0 unspecified atom stereocenters. The number of hydrogen-bond acceptors (Lipinski definition) is 4. The number of carbonyl (C=O) groups excluding carboxylic acids is 1. The minimum Gasteiger partial charge on any atom is -0.368 e. The molecular weight excluding hydrogens is 212 g/mol. The van der Waals surface area contributed by atoms with E-state index < -0.39 is 0 Å². The zero-order valence-corrected chi connectivity index (χ0v) is 8.84. The van der Waals surface area contributed by atoms with Gasteiger partial charge < -0.3 is 10.1 Å². The summed E-state index contributed by atoms with van der Waals surface area (Å²) in [4.78, 5) is 11.6. The molecule has 15 heavy (non-hydrogen) atoms. The Labute approximate surface area is 91.5 Å². The third-order valence-corrected chi connectivity index (χ3v) is 3.07. The maximum atomic E-state index is 11.6. The number of carbonyl (C=O) groups is 1. The van der Waals surface area contributed by atoms with E-state index in [4.69, 9.17) is 10.00 Å². The predicted octanol–water partition coefficient (Wildman–Crippen LogP) is 1.74. The van der Waals surface area contributed by atoms with Crippen molar-refractivity contribution in [2.45, 2.75) is 18.9 Å². The number of thiophene rings is 1. The van der Waals surface area contributed by atoms with E-state index in [2.05, 4.69) is 5.32 Å². The molecule has 1 fully saturated rings. The average molecular weight is 222 g/mol. The van der Waals surface area contributed by atoms with Crippen LogP contribution >= 0.6 is 11.3 Å². The lowest BCUT2D eigenvalue weighted by atomic mass is 10.2. The minimum atomic E-state index is -0.348. The summed E-state index contributed by atoms with van der Waals surface area (Å²) < 4.78 is 5.25. The monoisotopic (exact) mass is 222 g/mol. The molecule has 0 spiro atoms. The average Bonchev–Trinajstić information content (AvgIpc) is 2.87. The van der Waals surface area contributed by atoms with Crippen molar-refractivity contribution >= 4 is 22.2 Å². The summed E-state index contributed by atoms with van der Waals surface area (Å²) in [6.45, 7) is 0.646. The zero-order valence-electron chi connectivity index (χ0n) is 8.03. The van der Waals surface area contributed by atoms with E-state index in [0.717, 1.165) is 12.8 Å². The molecular formula is C10H10N2O2S. The first kappa shape index (κ1) is 10.1. The van der Waals surface area contributed by atoms with Gasteiger partial charge in [-0.25, -0.2) is 0 Å². The fourth-order valence-electron chi connectivity index (χ4n) is 1.47. The van der Waals surface area contributed by atoms with Crippen LogP contribution in [0.5, 0.6) is 0 Å². The molecule has 0 saturated carbocycles. The third kappa shape index (κ3) is 2.17. The highest BCUT2D eigenvalue weighted by molar-refractivity contribution is 7.14. The number of anilines is 1. The number of nitrogens with one attached hydrogen (secondary N) is 1. The molecule has 2 heterocycles. The summed E-state index contributed by atoms with van der Waals surface area (Å²) in [6, 6.07) is 3.72. The molecule has 1 amide bonds. The van der Waals surface area contributed by atoms with Gasteiger partial charge in [-0.1, -0.05) is 0 Å². The second kappa shape index (κ2) is 4.43. The second-order valence-electron chi connectivity index (χ2n) is 3.27. The second-order valence-corrected chi connectivity index (χ2v) is 4.18. The standard InChI is InChI=1S/C10H10N2O2S/c11-6-7-3-5-15-10(7)12-9(13)8-2-1-4-14-8/h3,5,8H,1-2,4H2,(H,12,13)/t8-/m0/s1. The van der Waals surface area contributed by atoms with Crippen LogP contribution in [0.15, 0.2) is 11.4 Å². The summed E-state index contributed by atoms with van der Waals surface area (Å²) in [5, 5.41) is 13.9. The van der Waals surface area contributed by atoms with Crippen molar-refractivity contribution in [2.24, 2.45) is 0 Å². The largest absolute Gasteiger partial charge is 0.368 e. The Morgan fingerprint density at radius 3 is 3.27 bits per heavy atom. The lowest BCUT2D eigenvalue weighted by molar-refractivity contribution is -0.124. The minimum absolute atomic E-state index is 0.147. The fourth-order valence-corrected chi connectivity index (χ4v) is 2.21. The quantitative estimate of drug-likeness (QED) is 0.829. The molecule has 0 aromatic carbocycles. The number of nitrogens with zero attached hydrogens (tertiary/aromatic N) is 1. The first-order valence-corrected chi connectivity index (χ1v) is 5.59. The normalized spacial score (nSPS) is 19.8. The third-order valence-electron chi connectivity index (χ3n) is 2.24. The van der Waals surface area contributed by atoms with E-state index in [9.17, 15) is 4.79 Å². The van der Waals surface area contributed by atoms with E-state index in [0.29, 0.717) is 17.2 Å². The Morgan fingerprint density at radius 1 is 1.73 bits per heavy atom. The molecule has 1 aliphatic heterocycles. The Hall–Kier alpha value is -1.38. The van der Waals surface area contributed by atoms with Gasteiger partial charge in [0, 0.05) is 6.61 Å². The van der Waals surface area contributed by atoms with Crippen molar-refractivity contribution in [1.82, 2.24) is 0 Å². The van der Waals surface area contributed by atoms with Crippen LogP contribution < -0.4 is 5.32 Å². The lowest BCUT2D eigenvalue weighted by Crippen LogP contribution is -2.26. The maximum absolute atomic E-state index is 11.6.